The van der Waals surface area contributed by atoms with Crippen LogP contribution in [0.3, 0.4) is 0 Å². The highest BCUT2D eigenvalue weighted by molar-refractivity contribution is 5.65. The Morgan fingerprint density at radius 1 is 1.00 bits per heavy atom. The fourth-order valence-corrected chi connectivity index (χ4v) is 3.77. The third kappa shape index (κ3) is 8.18. The van der Waals surface area contributed by atoms with Crippen molar-refractivity contribution in [3.63, 3.8) is 0 Å². The van der Waals surface area contributed by atoms with Crippen LogP contribution in [0.2, 0.25) is 0 Å². The molecular formula is C30H41N3. The molecule has 2 aromatic carbocycles. The quantitative estimate of drug-likeness (QED) is 0.410. The van der Waals surface area contributed by atoms with Crippen molar-refractivity contribution in [3.8, 4) is 11.1 Å². The average Bonchev–Trinajstić information content (AvgIpc) is 3.44. The normalized spacial score (nSPS) is 13.2. The predicted octanol–water partition coefficient (Wildman–Crippen LogP) is 7.18. The van der Waals surface area contributed by atoms with E-state index in [1.54, 1.807) is 17.2 Å². The van der Waals surface area contributed by atoms with Gasteiger partial charge in [-0.25, -0.2) is 4.98 Å². The molecular weight excluding hydrogens is 402 g/mol. The summed E-state index contributed by atoms with van der Waals surface area (Å²) >= 11 is 0. The molecule has 0 aliphatic heterocycles. The smallest absolute Gasteiger partial charge is 0.126 e. The van der Waals surface area contributed by atoms with Gasteiger partial charge in [0.2, 0.25) is 0 Å². The Kier molecular flexibility index (Phi) is 10.3. The number of hydrogen-bond acceptors (Lipinski definition) is 3. The van der Waals surface area contributed by atoms with Gasteiger partial charge in [-0.1, -0.05) is 68.0 Å². The van der Waals surface area contributed by atoms with Crippen LogP contribution in [0, 0.1) is 13.8 Å². The van der Waals surface area contributed by atoms with Crippen molar-refractivity contribution in [2.45, 2.75) is 53.4 Å². The monoisotopic (exact) mass is 443 g/mol. The van der Waals surface area contributed by atoms with Gasteiger partial charge in [0, 0.05) is 24.2 Å². The van der Waals surface area contributed by atoms with Crippen LogP contribution in [0.25, 0.3) is 11.1 Å². The molecule has 1 aromatic heterocycles. The Hall–Kier alpha value is -2.91. The lowest BCUT2D eigenvalue weighted by molar-refractivity contribution is 0.339. The molecule has 2 N–H and O–H groups in total. The minimum Gasteiger partial charge on any atom is -0.383 e. The number of anilines is 1. The molecule has 0 amide bonds. The van der Waals surface area contributed by atoms with E-state index in [1.165, 1.54) is 23.1 Å². The maximum absolute atomic E-state index is 5.77. The van der Waals surface area contributed by atoms with Crippen molar-refractivity contribution in [1.29, 1.82) is 0 Å². The molecule has 1 heterocycles. The Balaban J connectivity index is 0.000000263. The van der Waals surface area contributed by atoms with Gasteiger partial charge in [-0.2, -0.15) is 0 Å². The highest BCUT2D eigenvalue weighted by Gasteiger charge is 2.26. The van der Waals surface area contributed by atoms with Crippen molar-refractivity contribution in [1.82, 2.24) is 9.88 Å². The summed E-state index contributed by atoms with van der Waals surface area (Å²) in [7, 11) is 2.18. The van der Waals surface area contributed by atoms with Crippen LogP contribution in [-0.2, 0) is 6.42 Å². The van der Waals surface area contributed by atoms with Gasteiger partial charge in [0.1, 0.15) is 5.82 Å². The standard InChI is InChI=1S/C18H25N3.C9H10.C3H6/c1-4-10-21(3)11-9-15-5-7-16(8-6-15)17-12-14(2)18(19)20-13-17;1-6-3-4-8-7(2)9(8)5-6;1-3-2/h5-8,12-13H,4,9-11H2,1-3H3,(H2,19,20);3-5,7H,1-2H3;3H,1H2,2H3. The van der Waals surface area contributed by atoms with Crippen LogP contribution < -0.4 is 5.73 Å². The molecule has 33 heavy (non-hydrogen) atoms. The summed E-state index contributed by atoms with van der Waals surface area (Å²) in [6.45, 7) is 16.1. The van der Waals surface area contributed by atoms with E-state index in [2.05, 4.69) is 92.8 Å². The third-order valence-electron chi connectivity index (χ3n) is 5.89. The fraction of sp³-hybridized carbons (Fsp3) is 0.367. The molecule has 0 saturated heterocycles. The second-order valence-electron chi connectivity index (χ2n) is 8.94. The van der Waals surface area contributed by atoms with Gasteiger partial charge in [0.15, 0.2) is 0 Å². The van der Waals surface area contributed by atoms with Crippen molar-refractivity contribution in [2.24, 2.45) is 0 Å². The summed E-state index contributed by atoms with van der Waals surface area (Å²) in [6.07, 6.45) is 5.89. The van der Waals surface area contributed by atoms with E-state index in [0.29, 0.717) is 5.82 Å². The van der Waals surface area contributed by atoms with E-state index in [1.807, 2.05) is 20.0 Å². The molecule has 0 fully saturated rings. The molecule has 0 saturated carbocycles. The number of aromatic nitrogens is 1. The zero-order valence-corrected chi connectivity index (χ0v) is 21.4. The van der Waals surface area contributed by atoms with Crippen LogP contribution in [0.4, 0.5) is 5.82 Å². The maximum atomic E-state index is 5.77. The molecule has 3 heteroatoms. The summed E-state index contributed by atoms with van der Waals surface area (Å²) in [6, 6.07) is 17.5. The number of hydrogen-bond donors (Lipinski definition) is 1. The number of likely N-dealkylation sites (N-methyl/N-ethyl adjacent to an activating group) is 1. The Labute approximate surface area is 201 Å². The van der Waals surface area contributed by atoms with Gasteiger partial charge in [0.25, 0.3) is 0 Å². The van der Waals surface area contributed by atoms with Crippen LogP contribution >= 0.6 is 0 Å². The maximum Gasteiger partial charge on any atom is 0.126 e. The number of fused-ring (bicyclic) bond motifs is 1. The summed E-state index contributed by atoms with van der Waals surface area (Å²) < 4.78 is 0. The first-order valence-corrected chi connectivity index (χ1v) is 12.0. The van der Waals surface area contributed by atoms with Crippen molar-refractivity contribution >= 4 is 5.82 Å². The van der Waals surface area contributed by atoms with E-state index in [9.17, 15) is 0 Å². The van der Waals surface area contributed by atoms with Gasteiger partial charge >= 0.3 is 0 Å². The summed E-state index contributed by atoms with van der Waals surface area (Å²) in [5.41, 5.74) is 15.0. The van der Waals surface area contributed by atoms with Crippen LogP contribution in [-0.4, -0.2) is 30.0 Å². The van der Waals surface area contributed by atoms with E-state index < -0.39 is 0 Å². The van der Waals surface area contributed by atoms with Gasteiger partial charge in [-0.3, -0.25) is 0 Å². The van der Waals surface area contributed by atoms with Crippen molar-refractivity contribution in [2.75, 3.05) is 25.9 Å². The largest absolute Gasteiger partial charge is 0.383 e. The summed E-state index contributed by atoms with van der Waals surface area (Å²) in [5, 5.41) is 0. The molecule has 176 valence electrons. The Bertz CT molecular complexity index is 1020. The van der Waals surface area contributed by atoms with E-state index in [4.69, 9.17) is 5.73 Å². The Morgan fingerprint density at radius 3 is 2.21 bits per heavy atom. The topological polar surface area (TPSA) is 42.2 Å². The minimum absolute atomic E-state index is 0.606. The first-order chi connectivity index (χ1) is 15.8. The second-order valence-corrected chi connectivity index (χ2v) is 8.94. The van der Waals surface area contributed by atoms with E-state index in [-0.39, 0.29) is 0 Å². The minimum atomic E-state index is 0.606. The molecule has 1 atom stereocenters. The van der Waals surface area contributed by atoms with Gasteiger partial charge < -0.3 is 10.6 Å². The van der Waals surface area contributed by atoms with Crippen molar-refractivity contribution in [3.05, 3.63) is 95.2 Å². The number of benzene rings is 2. The van der Waals surface area contributed by atoms with Crippen LogP contribution in [0.15, 0.2) is 67.4 Å². The highest BCUT2D eigenvalue weighted by Crippen LogP contribution is 2.42. The van der Waals surface area contributed by atoms with Gasteiger partial charge in [0.05, 0.1) is 0 Å². The molecule has 1 aliphatic rings. The van der Waals surface area contributed by atoms with Crippen LogP contribution in [0.5, 0.6) is 0 Å². The second kappa shape index (κ2) is 13.0. The van der Waals surface area contributed by atoms with E-state index >= 15 is 0 Å². The molecule has 0 bridgehead atoms. The molecule has 3 nitrogen and oxygen atoms in total. The number of nitrogens with zero attached hydrogens (tertiary/aromatic N) is 2. The number of nitrogen functional groups attached to an aromatic ring is 1. The lowest BCUT2D eigenvalue weighted by Crippen LogP contribution is -2.21. The molecule has 4 rings (SSSR count). The lowest BCUT2D eigenvalue weighted by Gasteiger charge is -2.15. The molecule has 1 aliphatic carbocycles. The zero-order valence-electron chi connectivity index (χ0n) is 21.4. The van der Waals surface area contributed by atoms with E-state index in [0.717, 1.165) is 36.6 Å². The summed E-state index contributed by atoms with van der Waals surface area (Å²) in [4.78, 5) is 6.60. The SMILES string of the molecule is C=CC.CCCN(C)CCc1ccc(-c2cnc(N)c(C)c2)cc1.Cc1ccc2c(c1)C2C. The molecule has 0 radical (unpaired) electrons. The highest BCUT2D eigenvalue weighted by atomic mass is 15.1. The lowest BCUT2D eigenvalue weighted by atomic mass is 10.0. The first-order valence-electron chi connectivity index (χ1n) is 12.0. The van der Waals surface area contributed by atoms with Gasteiger partial charge in [-0.05, 0) is 81.1 Å². The van der Waals surface area contributed by atoms with Gasteiger partial charge in [-0.15, -0.1) is 6.58 Å². The molecule has 3 aromatic rings. The fourth-order valence-electron chi connectivity index (χ4n) is 3.77. The number of aryl methyl sites for hydroxylation is 2. The van der Waals surface area contributed by atoms with Crippen molar-refractivity contribution < 1.29 is 0 Å². The zero-order chi connectivity index (χ0) is 24.4. The average molecular weight is 444 g/mol. The molecule has 1 unspecified atom stereocenters. The number of pyridine rings is 1. The number of nitrogens with two attached hydrogens (primary N) is 1. The number of allylic oxidation sites excluding steroid dienone is 1. The first kappa shape index (κ1) is 26.3. The Morgan fingerprint density at radius 2 is 1.67 bits per heavy atom. The third-order valence-corrected chi connectivity index (χ3v) is 5.89. The predicted molar refractivity (Wildman–Crippen MR) is 145 cm³/mol. The summed E-state index contributed by atoms with van der Waals surface area (Å²) in [5.74, 6) is 1.37. The number of rotatable bonds is 6. The van der Waals surface area contributed by atoms with Crippen LogP contribution in [0.1, 0.15) is 60.9 Å². The molecule has 0 spiro atoms.